The fourth-order valence-electron chi connectivity index (χ4n) is 1.57. The molecule has 1 atom stereocenters. The molecule has 0 fully saturated rings. The third-order valence-electron chi connectivity index (χ3n) is 2.20. The first-order chi connectivity index (χ1) is 5.16. The topological polar surface area (TPSA) is 6.48 Å². The third kappa shape index (κ3) is 1.48. The van der Waals surface area contributed by atoms with Crippen molar-refractivity contribution in [1.29, 1.82) is 0 Å². The van der Waals surface area contributed by atoms with Gasteiger partial charge in [0.15, 0.2) is 0 Å². The van der Waals surface area contributed by atoms with E-state index < -0.39 is 0 Å². The fraction of sp³-hybridized carbons (Fsp3) is 0.500. The summed E-state index contributed by atoms with van der Waals surface area (Å²) in [7, 11) is 6.34. The molecule has 0 saturated heterocycles. The summed E-state index contributed by atoms with van der Waals surface area (Å²) in [4.78, 5) is 4.41. The molecule has 11 heavy (non-hydrogen) atoms. The Kier molecular flexibility index (Phi) is 2.40. The molecule has 0 N–H and O–H groups in total. The summed E-state index contributed by atoms with van der Waals surface area (Å²) < 4.78 is 0. The van der Waals surface area contributed by atoms with Crippen molar-refractivity contribution in [3.63, 3.8) is 0 Å². The van der Waals surface area contributed by atoms with Gasteiger partial charge in [-0.15, -0.1) is 0 Å². The molecule has 0 bridgehead atoms. The van der Waals surface area contributed by atoms with Crippen LogP contribution in [-0.2, 0) is 0 Å². The Morgan fingerprint density at radius 3 is 2.91 bits per heavy atom. The highest BCUT2D eigenvalue weighted by Crippen LogP contribution is 2.16. The molecular formula is C8H15BN2. The minimum Gasteiger partial charge on any atom is -0.363 e. The molecule has 0 saturated carbocycles. The van der Waals surface area contributed by atoms with Crippen molar-refractivity contribution in [3.05, 3.63) is 24.3 Å². The molecule has 0 amide bonds. The summed E-state index contributed by atoms with van der Waals surface area (Å²) in [6, 6.07) is 0. The van der Waals surface area contributed by atoms with Crippen molar-refractivity contribution in [2.24, 2.45) is 0 Å². The molecule has 60 valence electrons. The Hall–Kier alpha value is -0.695. The van der Waals surface area contributed by atoms with Gasteiger partial charge >= 0.3 is 0 Å². The largest absolute Gasteiger partial charge is 0.363 e. The smallest absolute Gasteiger partial charge is 0.138 e. The van der Waals surface area contributed by atoms with Crippen molar-refractivity contribution in [3.8, 4) is 0 Å². The lowest BCUT2D eigenvalue weighted by atomic mass is 9.93. The highest BCUT2D eigenvalue weighted by atomic mass is 15.3. The van der Waals surface area contributed by atoms with Crippen LogP contribution in [0.25, 0.3) is 0 Å². The van der Waals surface area contributed by atoms with Gasteiger partial charge in [0.1, 0.15) is 7.85 Å². The molecule has 0 aliphatic carbocycles. The number of rotatable bonds is 2. The first-order valence-corrected chi connectivity index (χ1v) is 3.88. The SMILES string of the molecule is BC1=CCN(C)C1N(C)C=C. The van der Waals surface area contributed by atoms with Crippen LogP contribution in [0.15, 0.2) is 24.3 Å². The maximum Gasteiger partial charge on any atom is 0.138 e. The zero-order valence-corrected chi connectivity index (χ0v) is 7.54. The van der Waals surface area contributed by atoms with Gasteiger partial charge in [0, 0.05) is 13.6 Å². The third-order valence-corrected chi connectivity index (χ3v) is 2.20. The average molecular weight is 150 g/mol. The highest BCUT2D eigenvalue weighted by molar-refractivity contribution is 6.22. The molecule has 1 aliphatic rings. The van der Waals surface area contributed by atoms with Gasteiger partial charge in [0.25, 0.3) is 0 Å². The van der Waals surface area contributed by atoms with Gasteiger partial charge in [-0.05, 0) is 13.2 Å². The van der Waals surface area contributed by atoms with Crippen LogP contribution in [0.5, 0.6) is 0 Å². The standard InChI is InChI=1S/C8H15BN2/c1-4-10(2)8-7(9)5-6-11(8)3/h4-5,8H,1,6,9H2,2-3H3. The molecule has 0 spiro atoms. The van der Waals surface area contributed by atoms with Crippen LogP contribution in [-0.4, -0.2) is 44.5 Å². The van der Waals surface area contributed by atoms with Crippen LogP contribution in [0.1, 0.15) is 0 Å². The number of nitrogens with zero attached hydrogens (tertiary/aromatic N) is 2. The van der Waals surface area contributed by atoms with Gasteiger partial charge in [-0.3, -0.25) is 4.90 Å². The molecule has 0 aromatic rings. The Labute approximate surface area is 69.6 Å². The van der Waals surface area contributed by atoms with Crippen molar-refractivity contribution in [1.82, 2.24) is 9.80 Å². The number of hydrogen-bond donors (Lipinski definition) is 0. The van der Waals surface area contributed by atoms with E-state index in [1.807, 2.05) is 6.20 Å². The summed E-state index contributed by atoms with van der Waals surface area (Å²) in [5.41, 5.74) is 1.41. The van der Waals surface area contributed by atoms with E-state index in [2.05, 4.69) is 44.4 Å². The molecule has 0 aromatic carbocycles. The van der Waals surface area contributed by atoms with Crippen molar-refractivity contribution < 1.29 is 0 Å². The molecule has 1 heterocycles. The minimum atomic E-state index is 0.424. The fourth-order valence-corrected chi connectivity index (χ4v) is 1.57. The number of likely N-dealkylation sites (N-methyl/N-ethyl adjacent to an activating group) is 2. The second-order valence-electron chi connectivity index (χ2n) is 3.11. The van der Waals surface area contributed by atoms with E-state index >= 15 is 0 Å². The van der Waals surface area contributed by atoms with E-state index in [0.717, 1.165) is 6.54 Å². The zero-order valence-electron chi connectivity index (χ0n) is 7.54. The maximum absolute atomic E-state index is 3.75. The monoisotopic (exact) mass is 150 g/mol. The first-order valence-electron chi connectivity index (χ1n) is 3.88. The van der Waals surface area contributed by atoms with Crippen LogP contribution >= 0.6 is 0 Å². The zero-order chi connectivity index (χ0) is 8.43. The van der Waals surface area contributed by atoms with Crippen molar-refractivity contribution in [2.75, 3.05) is 20.6 Å². The molecule has 2 nitrogen and oxygen atoms in total. The van der Waals surface area contributed by atoms with E-state index in [1.165, 1.54) is 5.47 Å². The van der Waals surface area contributed by atoms with E-state index in [-0.39, 0.29) is 0 Å². The molecule has 1 aliphatic heterocycles. The second-order valence-corrected chi connectivity index (χ2v) is 3.11. The van der Waals surface area contributed by atoms with E-state index in [0.29, 0.717) is 6.17 Å². The van der Waals surface area contributed by atoms with E-state index in [1.54, 1.807) is 0 Å². The van der Waals surface area contributed by atoms with Crippen molar-refractivity contribution in [2.45, 2.75) is 6.17 Å². The van der Waals surface area contributed by atoms with Gasteiger partial charge in [-0.1, -0.05) is 18.1 Å². The normalized spacial score (nSPS) is 24.9. The lowest BCUT2D eigenvalue weighted by Crippen LogP contribution is -2.39. The Morgan fingerprint density at radius 2 is 2.55 bits per heavy atom. The highest BCUT2D eigenvalue weighted by Gasteiger charge is 2.22. The van der Waals surface area contributed by atoms with Crippen LogP contribution in [0.4, 0.5) is 0 Å². The lowest BCUT2D eigenvalue weighted by molar-refractivity contribution is 0.189. The van der Waals surface area contributed by atoms with Crippen LogP contribution in [0.2, 0.25) is 0 Å². The summed E-state index contributed by atoms with van der Waals surface area (Å²) in [5.74, 6) is 0. The van der Waals surface area contributed by atoms with Crippen LogP contribution in [0.3, 0.4) is 0 Å². The quantitative estimate of drug-likeness (QED) is 0.505. The van der Waals surface area contributed by atoms with Crippen LogP contribution < -0.4 is 0 Å². The van der Waals surface area contributed by atoms with E-state index in [9.17, 15) is 0 Å². The second kappa shape index (κ2) is 3.14. The molecule has 0 radical (unpaired) electrons. The summed E-state index contributed by atoms with van der Waals surface area (Å²) in [6.45, 7) is 4.80. The van der Waals surface area contributed by atoms with Gasteiger partial charge in [0.05, 0.1) is 6.17 Å². The van der Waals surface area contributed by atoms with Gasteiger partial charge < -0.3 is 4.90 Å². The summed E-state index contributed by atoms with van der Waals surface area (Å²) in [6.07, 6.45) is 4.54. The Morgan fingerprint density at radius 1 is 1.91 bits per heavy atom. The molecule has 0 aromatic heterocycles. The number of hydrogen-bond acceptors (Lipinski definition) is 2. The molecule has 1 rings (SSSR count). The predicted molar refractivity (Wildman–Crippen MR) is 51.0 cm³/mol. The summed E-state index contributed by atoms with van der Waals surface area (Å²) in [5, 5.41) is 0. The average Bonchev–Trinajstić information content (AvgIpc) is 2.30. The summed E-state index contributed by atoms with van der Waals surface area (Å²) >= 11 is 0. The van der Waals surface area contributed by atoms with Crippen molar-refractivity contribution >= 4 is 7.85 Å². The molecule has 3 heteroatoms. The van der Waals surface area contributed by atoms with E-state index in [4.69, 9.17) is 0 Å². The van der Waals surface area contributed by atoms with Gasteiger partial charge in [-0.25, -0.2) is 0 Å². The maximum atomic E-state index is 3.75. The lowest BCUT2D eigenvalue weighted by Gasteiger charge is -2.30. The predicted octanol–water partition coefficient (Wildman–Crippen LogP) is -0.150. The van der Waals surface area contributed by atoms with Gasteiger partial charge in [-0.2, -0.15) is 0 Å². The Balaban J connectivity index is 2.69. The van der Waals surface area contributed by atoms with Crippen LogP contribution in [0, 0.1) is 0 Å². The minimum absolute atomic E-state index is 0.424. The van der Waals surface area contributed by atoms with Gasteiger partial charge in [0.2, 0.25) is 0 Å². The Bertz CT molecular complexity index is 189. The molecular weight excluding hydrogens is 135 g/mol. The first kappa shape index (κ1) is 8.40. The molecule has 1 unspecified atom stereocenters.